The molecule has 1 rings (SSSR count). The highest BCUT2D eigenvalue weighted by Gasteiger charge is 2.08. The lowest BCUT2D eigenvalue weighted by atomic mass is 10.3. The zero-order valence-corrected chi connectivity index (χ0v) is 8.79. The Bertz CT molecular complexity index is 255. The number of ether oxygens (including phenoxy) is 1. The van der Waals surface area contributed by atoms with Crippen LogP contribution in [-0.4, -0.2) is 11.7 Å². The first-order chi connectivity index (χ1) is 6.27. The monoisotopic (exact) mass is 183 g/mol. The average Bonchev–Trinajstić information content (AvgIpc) is 2.45. The molecular formula is C10H19N2O+. The SMILES string of the molecule is CCCC[n+]1cc(COC)n(C)c1. The number of imidazole rings is 1. The molecule has 0 aliphatic rings. The van der Waals surface area contributed by atoms with Crippen molar-refractivity contribution in [2.45, 2.75) is 32.9 Å². The Kier molecular flexibility index (Phi) is 3.96. The molecule has 1 aromatic rings. The Labute approximate surface area is 79.9 Å². The number of rotatable bonds is 5. The second-order valence-corrected chi connectivity index (χ2v) is 3.37. The molecule has 0 aliphatic heterocycles. The molecular weight excluding hydrogens is 164 g/mol. The summed E-state index contributed by atoms with van der Waals surface area (Å²) in [5, 5.41) is 0. The van der Waals surface area contributed by atoms with E-state index in [1.807, 2.05) is 0 Å². The molecule has 0 atom stereocenters. The van der Waals surface area contributed by atoms with Gasteiger partial charge in [-0.25, -0.2) is 9.13 Å². The zero-order valence-electron chi connectivity index (χ0n) is 8.79. The summed E-state index contributed by atoms with van der Waals surface area (Å²) in [4.78, 5) is 0. The Morgan fingerprint density at radius 1 is 1.54 bits per heavy atom. The lowest BCUT2D eigenvalue weighted by Gasteiger charge is -1.91. The quantitative estimate of drug-likeness (QED) is 0.628. The predicted octanol–water partition coefficient (Wildman–Crippen LogP) is 1.26. The minimum absolute atomic E-state index is 0.690. The van der Waals surface area contributed by atoms with Crippen molar-refractivity contribution in [3.8, 4) is 0 Å². The van der Waals surface area contributed by atoms with E-state index in [1.165, 1.54) is 18.5 Å². The van der Waals surface area contributed by atoms with E-state index in [4.69, 9.17) is 4.74 Å². The molecule has 0 saturated carbocycles. The second kappa shape index (κ2) is 5.02. The molecule has 0 fully saturated rings. The van der Waals surface area contributed by atoms with Crippen LogP contribution in [0.2, 0.25) is 0 Å². The van der Waals surface area contributed by atoms with Crippen molar-refractivity contribution in [1.82, 2.24) is 4.57 Å². The van der Waals surface area contributed by atoms with E-state index in [-0.39, 0.29) is 0 Å². The molecule has 0 saturated heterocycles. The molecule has 3 heteroatoms. The molecule has 3 nitrogen and oxygen atoms in total. The summed E-state index contributed by atoms with van der Waals surface area (Å²) in [6.45, 7) is 4.00. The van der Waals surface area contributed by atoms with E-state index in [2.05, 4.69) is 35.6 Å². The summed E-state index contributed by atoms with van der Waals surface area (Å²) < 4.78 is 9.42. The molecule has 74 valence electrons. The Hall–Kier alpha value is -0.830. The number of unbranched alkanes of at least 4 members (excludes halogenated alkanes) is 1. The van der Waals surface area contributed by atoms with Gasteiger partial charge in [0.25, 0.3) is 0 Å². The number of hydrogen-bond donors (Lipinski definition) is 0. The van der Waals surface area contributed by atoms with Crippen LogP contribution in [0.25, 0.3) is 0 Å². The standard InChI is InChI=1S/C10H19N2O/c1-4-5-6-12-7-10(8-13-3)11(2)9-12/h7,9H,4-6,8H2,1-3H3/q+1. The maximum Gasteiger partial charge on any atom is 0.243 e. The maximum atomic E-state index is 5.09. The van der Waals surface area contributed by atoms with Crippen LogP contribution in [-0.2, 0) is 24.9 Å². The number of aryl methyl sites for hydroxylation is 2. The molecule has 0 N–H and O–H groups in total. The molecule has 0 aliphatic carbocycles. The van der Waals surface area contributed by atoms with E-state index < -0.39 is 0 Å². The van der Waals surface area contributed by atoms with Crippen LogP contribution in [0.4, 0.5) is 0 Å². The van der Waals surface area contributed by atoms with Gasteiger partial charge in [0.05, 0.1) is 13.6 Å². The average molecular weight is 183 g/mol. The Morgan fingerprint density at radius 3 is 2.92 bits per heavy atom. The van der Waals surface area contributed by atoms with Gasteiger partial charge in [-0.15, -0.1) is 0 Å². The highest BCUT2D eigenvalue weighted by Crippen LogP contribution is 1.97. The Balaban J connectivity index is 2.59. The van der Waals surface area contributed by atoms with Crippen molar-refractivity contribution in [2.75, 3.05) is 7.11 Å². The van der Waals surface area contributed by atoms with Crippen molar-refractivity contribution in [1.29, 1.82) is 0 Å². The van der Waals surface area contributed by atoms with E-state index in [0.29, 0.717) is 6.61 Å². The van der Waals surface area contributed by atoms with Crippen LogP contribution in [0.1, 0.15) is 25.5 Å². The summed E-state index contributed by atoms with van der Waals surface area (Å²) in [7, 11) is 3.78. The van der Waals surface area contributed by atoms with Gasteiger partial charge < -0.3 is 4.74 Å². The number of nitrogens with zero attached hydrogens (tertiary/aromatic N) is 2. The molecule has 0 spiro atoms. The molecule has 1 aromatic heterocycles. The normalized spacial score (nSPS) is 10.7. The van der Waals surface area contributed by atoms with Crippen molar-refractivity contribution in [3.63, 3.8) is 0 Å². The van der Waals surface area contributed by atoms with Gasteiger partial charge in [0, 0.05) is 7.11 Å². The largest absolute Gasteiger partial charge is 0.376 e. The van der Waals surface area contributed by atoms with Crippen molar-refractivity contribution < 1.29 is 9.30 Å². The lowest BCUT2D eigenvalue weighted by molar-refractivity contribution is -0.697. The molecule has 0 unspecified atom stereocenters. The van der Waals surface area contributed by atoms with Gasteiger partial charge in [-0.3, -0.25) is 0 Å². The summed E-state index contributed by atoms with van der Waals surface area (Å²) in [6, 6.07) is 0. The summed E-state index contributed by atoms with van der Waals surface area (Å²) in [5.41, 5.74) is 1.22. The van der Waals surface area contributed by atoms with Gasteiger partial charge in [0.1, 0.15) is 12.8 Å². The lowest BCUT2D eigenvalue weighted by Crippen LogP contribution is -2.30. The van der Waals surface area contributed by atoms with Gasteiger partial charge in [0.15, 0.2) is 5.69 Å². The predicted molar refractivity (Wildman–Crippen MR) is 51.2 cm³/mol. The molecule has 0 aromatic carbocycles. The van der Waals surface area contributed by atoms with Crippen molar-refractivity contribution in [3.05, 3.63) is 18.2 Å². The van der Waals surface area contributed by atoms with E-state index in [1.54, 1.807) is 7.11 Å². The van der Waals surface area contributed by atoms with Gasteiger partial charge in [-0.2, -0.15) is 0 Å². The number of aromatic nitrogens is 2. The van der Waals surface area contributed by atoms with Crippen LogP contribution in [0, 0.1) is 0 Å². The molecule has 0 bridgehead atoms. The third-order valence-corrected chi connectivity index (χ3v) is 2.15. The maximum absolute atomic E-state index is 5.09. The highest BCUT2D eigenvalue weighted by molar-refractivity contribution is 4.89. The van der Waals surface area contributed by atoms with E-state index in [9.17, 15) is 0 Å². The number of methoxy groups -OCH3 is 1. The molecule has 0 radical (unpaired) electrons. The zero-order chi connectivity index (χ0) is 9.68. The van der Waals surface area contributed by atoms with Gasteiger partial charge in [-0.1, -0.05) is 13.3 Å². The minimum Gasteiger partial charge on any atom is -0.376 e. The van der Waals surface area contributed by atoms with Crippen LogP contribution in [0.5, 0.6) is 0 Å². The van der Waals surface area contributed by atoms with Crippen LogP contribution < -0.4 is 4.57 Å². The topological polar surface area (TPSA) is 18.0 Å². The number of hydrogen-bond acceptors (Lipinski definition) is 1. The first kappa shape index (κ1) is 10.3. The smallest absolute Gasteiger partial charge is 0.243 e. The fourth-order valence-corrected chi connectivity index (χ4v) is 1.36. The van der Waals surface area contributed by atoms with E-state index >= 15 is 0 Å². The van der Waals surface area contributed by atoms with Gasteiger partial charge >= 0.3 is 0 Å². The van der Waals surface area contributed by atoms with Crippen molar-refractivity contribution >= 4 is 0 Å². The summed E-state index contributed by atoms with van der Waals surface area (Å²) >= 11 is 0. The first-order valence-electron chi connectivity index (χ1n) is 4.81. The summed E-state index contributed by atoms with van der Waals surface area (Å²) in [5.74, 6) is 0. The van der Waals surface area contributed by atoms with Gasteiger partial charge in [0.2, 0.25) is 6.33 Å². The van der Waals surface area contributed by atoms with Crippen molar-refractivity contribution in [2.24, 2.45) is 7.05 Å². The fourth-order valence-electron chi connectivity index (χ4n) is 1.36. The third-order valence-electron chi connectivity index (χ3n) is 2.15. The second-order valence-electron chi connectivity index (χ2n) is 3.37. The minimum atomic E-state index is 0.690. The van der Waals surface area contributed by atoms with Crippen LogP contribution in [0.3, 0.4) is 0 Å². The molecule has 0 amide bonds. The third kappa shape index (κ3) is 2.84. The van der Waals surface area contributed by atoms with Crippen LogP contribution in [0.15, 0.2) is 12.5 Å². The van der Waals surface area contributed by atoms with Crippen LogP contribution >= 0.6 is 0 Å². The highest BCUT2D eigenvalue weighted by atomic mass is 16.5. The Morgan fingerprint density at radius 2 is 2.31 bits per heavy atom. The summed E-state index contributed by atoms with van der Waals surface area (Å²) in [6.07, 6.45) is 6.74. The molecule has 1 heterocycles. The van der Waals surface area contributed by atoms with E-state index in [0.717, 1.165) is 6.54 Å². The first-order valence-corrected chi connectivity index (χ1v) is 4.81. The van der Waals surface area contributed by atoms with Gasteiger partial charge in [-0.05, 0) is 6.42 Å². The molecule has 13 heavy (non-hydrogen) atoms. The fraction of sp³-hybridized carbons (Fsp3) is 0.700.